The second-order valence-electron chi connectivity index (χ2n) is 8.26. The van der Waals surface area contributed by atoms with E-state index in [9.17, 15) is 18.0 Å². The summed E-state index contributed by atoms with van der Waals surface area (Å²) in [5.74, 6) is -0.466. The van der Waals surface area contributed by atoms with Crippen LogP contribution in [0.15, 0.2) is 58.4 Å². The van der Waals surface area contributed by atoms with Gasteiger partial charge >= 0.3 is 0 Å². The molecule has 2 amide bonds. The molecule has 36 heavy (non-hydrogen) atoms. The van der Waals surface area contributed by atoms with E-state index in [0.29, 0.717) is 54.4 Å². The molecule has 0 aliphatic carbocycles. The predicted octanol–water partition coefficient (Wildman–Crippen LogP) is 3.73. The molecule has 0 spiro atoms. The summed E-state index contributed by atoms with van der Waals surface area (Å²) in [6.45, 7) is 3.83. The van der Waals surface area contributed by atoms with Gasteiger partial charge in [0.15, 0.2) is 5.17 Å². The van der Waals surface area contributed by atoms with Crippen molar-refractivity contribution in [3.05, 3.63) is 53.6 Å². The van der Waals surface area contributed by atoms with E-state index < -0.39 is 15.3 Å². The Morgan fingerprint density at radius 2 is 1.92 bits per heavy atom. The number of sulfonamides is 1. The number of hydrogen-bond acceptors (Lipinski definition) is 7. The number of anilines is 1. The topological polar surface area (TPSA) is 108 Å². The van der Waals surface area contributed by atoms with E-state index in [1.807, 2.05) is 6.92 Å². The highest BCUT2D eigenvalue weighted by atomic mass is 35.5. The molecule has 4 rings (SSSR count). The quantitative estimate of drug-likeness (QED) is 0.536. The summed E-state index contributed by atoms with van der Waals surface area (Å²) in [5, 5.41) is 3.17. The van der Waals surface area contributed by atoms with E-state index in [2.05, 4.69) is 10.3 Å². The van der Waals surface area contributed by atoms with Gasteiger partial charge in [0.1, 0.15) is 5.25 Å². The maximum Gasteiger partial charge on any atom is 0.243 e. The number of amidine groups is 1. The van der Waals surface area contributed by atoms with Crippen molar-refractivity contribution in [2.24, 2.45) is 4.99 Å². The average molecular weight is 551 g/mol. The fourth-order valence-corrected chi connectivity index (χ4v) is 6.62. The van der Waals surface area contributed by atoms with Crippen molar-refractivity contribution in [3.8, 4) is 0 Å². The van der Waals surface area contributed by atoms with Gasteiger partial charge in [-0.2, -0.15) is 4.31 Å². The highest BCUT2D eigenvalue weighted by Gasteiger charge is 2.38. The molecule has 2 aromatic carbocycles. The van der Waals surface area contributed by atoms with Gasteiger partial charge in [-0.25, -0.2) is 13.4 Å². The molecule has 192 valence electrons. The number of nitrogens with one attached hydrogen (secondary N) is 1. The van der Waals surface area contributed by atoms with Crippen molar-refractivity contribution < 1.29 is 22.7 Å². The van der Waals surface area contributed by atoms with Crippen LogP contribution in [0.2, 0.25) is 5.02 Å². The molecule has 1 atom stereocenters. The van der Waals surface area contributed by atoms with Gasteiger partial charge in [-0.1, -0.05) is 36.4 Å². The first-order valence-corrected chi connectivity index (χ1v) is 14.3. The third kappa shape index (κ3) is 6.27. The lowest BCUT2D eigenvalue weighted by molar-refractivity contribution is -0.128. The highest BCUT2D eigenvalue weighted by molar-refractivity contribution is 8.15. The molecule has 0 bridgehead atoms. The van der Waals surface area contributed by atoms with Crippen molar-refractivity contribution in [1.82, 2.24) is 9.21 Å². The molecule has 9 nitrogen and oxygen atoms in total. The molecule has 2 saturated heterocycles. The molecule has 1 unspecified atom stereocenters. The van der Waals surface area contributed by atoms with Crippen LogP contribution in [0.3, 0.4) is 0 Å². The molecular weight excluding hydrogens is 524 g/mol. The van der Waals surface area contributed by atoms with Crippen LogP contribution in [-0.4, -0.2) is 72.7 Å². The number of amides is 2. The summed E-state index contributed by atoms with van der Waals surface area (Å²) in [4.78, 5) is 32.0. The van der Waals surface area contributed by atoms with Crippen LogP contribution >= 0.6 is 23.4 Å². The number of halogens is 1. The monoisotopic (exact) mass is 550 g/mol. The zero-order chi connectivity index (χ0) is 25.7. The summed E-state index contributed by atoms with van der Waals surface area (Å²) in [7, 11) is -3.60. The van der Waals surface area contributed by atoms with E-state index in [1.165, 1.54) is 28.2 Å². The maximum atomic E-state index is 13.0. The van der Waals surface area contributed by atoms with E-state index in [4.69, 9.17) is 16.3 Å². The molecule has 0 saturated carbocycles. The van der Waals surface area contributed by atoms with Gasteiger partial charge in [-0.15, -0.1) is 0 Å². The molecule has 2 aliphatic rings. The number of carbonyl (C=O) groups excluding carboxylic acids is 2. The second kappa shape index (κ2) is 11.7. The van der Waals surface area contributed by atoms with Gasteiger partial charge in [-0.05, 0) is 48.9 Å². The van der Waals surface area contributed by atoms with Gasteiger partial charge in [0, 0.05) is 36.8 Å². The zero-order valence-corrected chi connectivity index (χ0v) is 22.1. The third-order valence-corrected chi connectivity index (χ3v) is 8.94. The van der Waals surface area contributed by atoms with Crippen LogP contribution in [0.25, 0.3) is 0 Å². The van der Waals surface area contributed by atoms with Crippen molar-refractivity contribution in [2.45, 2.75) is 29.9 Å². The summed E-state index contributed by atoms with van der Waals surface area (Å²) in [5.41, 5.74) is 1.09. The summed E-state index contributed by atoms with van der Waals surface area (Å²) in [6.07, 6.45) is 0.718. The van der Waals surface area contributed by atoms with E-state index >= 15 is 0 Å². The van der Waals surface area contributed by atoms with Crippen LogP contribution in [0.1, 0.15) is 19.8 Å². The SMILES string of the molecule is CCCN1C(=O)C(CC(=O)Nc2cccc(Cl)c2)SC1=Nc1ccc(S(=O)(=O)N2CCOCC2)cc1. The van der Waals surface area contributed by atoms with Gasteiger partial charge in [-0.3, -0.25) is 14.5 Å². The summed E-state index contributed by atoms with van der Waals surface area (Å²) in [6, 6.07) is 13.1. The van der Waals surface area contributed by atoms with Crippen molar-refractivity contribution in [2.75, 3.05) is 38.2 Å². The number of aliphatic imine (C=N–C) groups is 1. The number of ether oxygens (including phenoxy) is 1. The number of hydrogen-bond donors (Lipinski definition) is 1. The summed E-state index contributed by atoms with van der Waals surface area (Å²) >= 11 is 7.21. The van der Waals surface area contributed by atoms with Crippen LogP contribution in [0, 0.1) is 0 Å². The fourth-order valence-electron chi connectivity index (χ4n) is 3.84. The smallest absolute Gasteiger partial charge is 0.243 e. The second-order valence-corrected chi connectivity index (χ2v) is 11.8. The normalized spacial score (nSPS) is 20.2. The highest BCUT2D eigenvalue weighted by Crippen LogP contribution is 2.32. The Bertz CT molecular complexity index is 1250. The maximum absolute atomic E-state index is 13.0. The third-order valence-electron chi connectivity index (χ3n) is 5.62. The minimum absolute atomic E-state index is 0.00796. The minimum Gasteiger partial charge on any atom is -0.379 e. The predicted molar refractivity (Wildman–Crippen MR) is 141 cm³/mol. The van der Waals surface area contributed by atoms with E-state index in [-0.39, 0.29) is 23.1 Å². The molecule has 2 aliphatic heterocycles. The zero-order valence-electron chi connectivity index (χ0n) is 19.7. The fraction of sp³-hybridized carbons (Fsp3) is 0.375. The lowest BCUT2D eigenvalue weighted by Gasteiger charge is -2.26. The Balaban J connectivity index is 1.47. The van der Waals surface area contributed by atoms with Crippen molar-refractivity contribution in [3.63, 3.8) is 0 Å². The Hall–Kier alpha value is -2.44. The first-order valence-electron chi connectivity index (χ1n) is 11.6. The Kier molecular flexibility index (Phi) is 8.68. The van der Waals surface area contributed by atoms with Crippen molar-refractivity contribution >= 4 is 61.7 Å². The molecule has 2 heterocycles. The molecule has 0 aromatic heterocycles. The number of nitrogens with zero attached hydrogens (tertiary/aromatic N) is 3. The Labute approximate surface area is 219 Å². The van der Waals surface area contributed by atoms with Crippen LogP contribution in [-0.2, 0) is 24.3 Å². The number of benzene rings is 2. The van der Waals surface area contributed by atoms with Gasteiger partial charge < -0.3 is 10.1 Å². The van der Waals surface area contributed by atoms with Crippen LogP contribution < -0.4 is 5.32 Å². The van der Waals surface area contributed by atoms with Gasteiger partial charge in [0.25, 0.3) is 0 Å². The number of rotatable bonds is 8. The minimum atomic E-state index is -3.60. The van der Waals surface area contributed by atoms with E-state index in [0.717, 1.165) is 6.42 Å². The molecule has 2 aromatic rings. The van der Waals surface area contributed by atoms with Crippen LogP contribution in [0.5, 0.6) is 0 Å². The van der Waals surface area contributed by atoms with Crippen molar-refractivity contribution in [1.29, 1.82) is 0 Å². The number of carbonyl (C=O) groups is 2. The summed E-state index contributed by atoms with van der Waals surface area (Å²) < 4.78 is 32.4. The molecular formula is C24H27ClN4O5S2. The Morgan fingerprint density at radius 1 is 1.19 bits per heavy atom. The molecule has 0 radical (unpaired) electrons. The largest absolute Gasteiger partial charge is 0.379 e. The first kappa shape index (κ1) is 26.6. The van der Waals surface area contributed by atoms with Crippen LogP contribution in [0.4, 0.5) is 11.4 Å². The average Bonchev–Trinajstić information content (AvgIpc) is 3.14. The lowest BCUT2D eigenvalue weighted by Crippen LogP contribution is -2.40. The number of morpholine rings is 1. The Morgan fingerprint density at radius 3 is 2.58 bits per heavy atom. The van der Waals surface area contributed by atoms with Gasteiger partial charge in [0.2, 0.25) is 21.8 Å². The molecule has 2 fully saturated rings. The molecule has 1 N–H and O–H groups in total. The first-order chi connectivity index (χ1) is 17.3. The molecule has 12 heteroatoms. The lowest BCUT2D eigenvalue weighted by atomic mass is 10.2. The number of thioether (sulfide) groups is 1. The van der Waals surface area contributed by atoms with E-state index in [1.54, 1.807) is 41.3 Å². The van der Waals surface area contributed by atoms with Gasteiger partial charge in [0.05, 0.1) is 23.8 Å². The standard InChI is InChI=1S/C24H27ClN4O5S2/c1-2-10-29-23(31)21(16-22(30)26-19-5-3-4-17(25)15-19)35-24(29)27-18-6-8-20(9-7-18)36(32,33)28-11-13-34-14-12-28/h3-9,15,21H,2,10-14,16H2,1H3,(H,26,30).